The van der Waals surface area contributed by atoms with Crippen molar-refractivity contribution in [3.8, 4) is 0 Å². The van der Waals surface area contributed by atoms with Gasteiger partial charge in [0, 0.05) is 20.5 Å². The number of carbonyl (C=O) groups excluding carboxylic acids is 3. The van der Waals surface area contributed by atoms with Gasteiger partial charge in [-0.25, -0.2) is 14.5 Å². The van der Waals surface area contributed by atoms with Crippen molar-refractivity contribution < 1.29 is 14.4 Å². The largest absolute Gasteiger partial charge is 0.334 e. The Morgan fingerprint density at radius 1 is 1.24 bits per heavy atom. The van der Waals surface area contributed by atoms with E-state index in [9.17, 15) is 14.4 Å². The Hall–Kier alpha value is -2.11. The normalized spacial score (nSPS) is 9.06. The van der Waals surface area contributed by atoms with Gasteiger partial charge in [0.25, 0.3) is 0 Å². The first kappa shape index (κ1) is 14.9. The van der Waals surface area contributed by atoms with Gasteiger partial charge in [-0.2, -0.15) is 0 Å². The van der Waals surface area contributed by atoms with Gasteiger partial charge in [0.15, 0.2) is 0 Å². The second-order valence-electron chi connectivity index (χ2n) is 3.23. The molecule has 0 radical (unpaired) electrons. The maximum absolute atomic E-state index is 11.8. The Morgan fingerprint density at radius 3 is 2.24 bits per heavy atom. The molecular weight excluding hydrogens is 222 g/mol. The zero-order valence-electron chi connectivity index (χ0n) is 10.1. The van der Waals surface area contributed by atoms with E-state index in [1.54, 1.807) is 0 Å². The van der Waals surface area contributed by atoms with Gasteiger partial charge < -0.3 is 5.32 Å². The van der Waals surface area contributed by atoms with Crippen LogP contribution in [0.2, 0.25) is 0 Å². The molecule has 0 aliphatic carbocycles. The van der Waals surface area contributed by atoms with Gasteiger partial charge in [0.1, 0.15) is 0 Å². The summed E-state index contributed by atoms with van der Waals surface area (Å²) in [5, 5.41) is 2.45. The van der Waals surface area contributed by atoms with Crippen LogP contribution in [-0.2, 0) is 4.79 Å². The summed E-state index contributed by atoms with van der Waals surface area (Å²) in [4.78, 5) is 36.2. The number of rotatable bonds is 4. The topological polar surface area (TPSA) is 69.7 Å². The highest BCUT2D eigenvalue weighted by atomic mass is 16.2. The predicted octanol–water partition coefficient (Wildman–Crippen LogP) is 0.968. The summed E-state index contributed by atoms with van der Waals surface area (Å²) in [6.45, 7) is 8.40. The lowest BCUT2D eigenvalue weighted by Gasteiger charge is -2.23. The van der Waals surface area contributed by atoms with Crippen LogP contribution in [0.15, 0.2) is 25.3 Å². The Kier molecular flexibility index (Phi) is 6.32. The Balaban J connectivity index is 4.77. The van der Waals surface area contributed by atoms with Gasteiger partial charge in [-0.3, -0.25) is 9.69 Å². The highest BCUT2D eigenvalue weighted by Crippen LogP contribution is 1.99. The summed E-state index contributed by atoms with van der Waals surface area (Å²) >= 11 is 0. The predicted molar refractivity (Wildman–Crippen MR) is 64.3 cm³/mol. The Labute approximate surface area is 101 Å². The van der Waals surface area contributed by atoms with Gasteiger partial charge in [0.2, 0.25) is 5.91 Å². The zero-order valence-corrected chi connectivity index (χ0v) is 10.1. The molecule has 0 saturated heterocycles. The SMILES string of the molecule is C=CCNC(=O)N(CC=C)C(=O)N(C)C(C)=O. The fourth-order valence-corrected chi connectivity index (χ4v) is 0.948. The van der Waals surface area contributed by atoms with E-state index < -0.39 is 18.0 Å². The van der Waals surface area contributed by atoms with Crippen molar-refractivity contribution in [3.05, 3.63) is 25.3 Å². The molecule has 0 aromatic heterocycles. The van der Waals surface area contributed by atoms with E-state index in [-0.39, 0.29) is 13.1 Å². The first-order chi connectivity index (χ1) is 7.95. The molecule has 17 heavy (non-hydrogen) atoms. The van der Waals surface area contributed by atoms with E-state index in [0.717, 1.165) is 9.80 Å². The number of urea groups is 2. The van der Waals surface area contributed by atoms with Crippen LogP contribution in [-0.4, -0.2) is 47.9 Å². The maximum Gasteiger partial charge on any atom is 0.334 e. The summed E-state index contributed by atoms with van der Waals surface area (Å²) in [5.41, 5.74) is 0. The van der Waals surface area contributed by atoms with Crippen LogP contribution in [0.1, 0.15) is 6.92 Å². The lowest BCUT2D eigenvalue weighted by molar-refractivity contribution is -0.125. The molecule has 5 amide bonds. The first-order valence-electron chi connectivity index (χ1n) is 5.01. The molecule has 0 aromatic rings. The Morgan fingerprint density at radius 2 is 1.82 bits per heavy atom. The molecule has 0 saturated carbocycles. The average Bonchev–Trinajstić information content (AvgIpc) is 2.30. The molecule has 1 N–H and O–H groups in total. The standard InChI is InChI=1S/C11H17N3O3/c1-5-7-12-10(16)14(8-6-2)11(17)13(4)9(3)15/h5-6H,1-2,7-8H2,3-4H3,(H,12,16). The first-order valence-corrected chi connectivity index (χ1v) is 5.01. The monoisotopic (exact) mass is 239 g/mol. The quantitative estimate of drug-likeness (QED) is 0.743. The number of imide groups is 2. The summed E-state index contributed by atoms with van der Waals surface area (Å²) in [6, 6.07) is -1.29. The van der Waals surface area contributed by atoms with Crippen LogP contribution in [0.25, 0.3) is 0 Å². The number of hydrogen-bond acceptors (Lipinski definition) is 3. The molecule has 0 fully saturated rings. The summed E-state index contributed by atoms with van der Waals surface area (Å²) < 4.78 is 0. The minimum absolute atomic E-state index is 0.0272. The zero-order chi connectivity index (χ0) is 13.4. The second kappa shape index (κ2) is 7.21. The third kappa shape index (κ3) is 4.50. The van der Waals surface area contributed by atoms with Crippen LogP contribution in [0.5, 0.6) is 0 Å². The molecular formula is C11H17N3O3. The second-order valence-corrected chi connectivity index (χ2v) is 3.23. The van der Waals surface area contributed by atoms with Crippen molar-refractivity contribution in [2.45, 2.75) is 6.92 Å². The van der Waals surface area contributed by atoms with Gasteiger partial charge in [-0.1, -0.05) is 12.2 Å². The lowest BCUT2D eigenvalue weighted by atomic mass is 10.5. The summed E-state index contributed by atoms with van der Waals surface area (Å²) in [7, 11) is 1.31. The number of nitrogens with one attached hydrogen (secondary N) is 1. The molecule has 0 atom stereocenters. The fraction of sp³-hybridized carbons (Fsp3) is 0.364. The third-order valence-electron chi connectivity index (χ3n) is 1.94. The third-order valence-corrected chi connectivity index (χ3v) is 1.94. The van der Waals surface area contributed by atoms with Crippen LogP contribution >= 0.6 is 0 Å². The van der Waals surface area contributed by atoms with E-state index in [1.165, 1.54) is 26.1 Å². The van der Waals surface area contributed by atoms with Crippen LogP contribution < -0.4 is 5.32 Å². The molecule has 0 rings (SSSR count). The highest BCUT2D eigenvalue weighted by Gasteiger charge is 2.24. The van der Waals surface area contributed by atoms with Crippen molar-refractivity contribution in [1.82, 2.24) is 15.1 Å². The molecule has 0 aliphatic heterocycles. The van der Waals surface area contributed by atoms with E-state index in [2.05, 4.69) is 18.5 Å². The minimum Gasteiger partial charge on any atom is -0.334 e. The van der Waals surface area contributed by atoms with Crippen molar-refractivity contribution in [3.63, 3.8) is 0 Å². The van der Waals surface area contributed by atoms with Gasteiger partial charge in [0.05, 0.1) is 6.54 Å². The molecule has 0 aromatic carbocycles. The van der Waals surface area contributed by atoms with Crippen molar-refractivity contribution in [1.29, 1.82) is 0 Å². The van der Waals surface area contributed by atoms with E-state index >= 15 is 0 Å². The van der Waals surface area contributed by atoms with E-state index in [4.69, 9.17) is 0 Å². The fourth-order valence-electron chi connectivity index (χ4n) is 0.948. The van der Waals surface area contributed by atoms with Crippen LogP contribution in [0.4, 0.5) is 9.59 Å². The summed E-state index contributed by atoms with van der Waals surface area (Å²) in [6.07, 6.45) is 2.89. The van der Waals surface area contributed by atoms with Crippen molar-refractivity contribution in [2.24, 2.45) is 0 Å². The Bertz CT molecular complexity index is 339. The molecule has 0 heterocycles. The van der Waals surface area contributed by atoms with Crippen LogP contribution in [0, 0.1) is 0 Å². The highest BCUT2D eigenvalue weighted by molar-refractivity contribution is 6.00. The molecule has 0 aliphatic rings. The van der Waals surface area contributed by atoms with Crippen LogP contribution in [0.3, 0.4) is 0 Å². The van der Waals surface area contributed by atoms with Crippen molar-refractivity contribution >= 4 is 18.0 Å². The van der Waals surface area contributed by atoms with Gasteiger partial charge >= 0.3 is 12.1 Å². The summed E-state index contributed by atoms with van der Waals surface area (Å²) in [5.74, 6) is -0.444. The average molecular weight is 239 g/mol. The smallest absolute Gasteiger partial charge is 0.334 e. The van der Waals surface area contributed by atoms with Crippen molar-refractivity contribution in [2.75, 3.05) is 20.1 Å². The molecule has 6 heteroatoms. The number of amides is 5. The molecule has 0 unspecified atom stereocenters. The molecule has 6 nitrogen and oxygen atoms in total. The maximum atomic E-state index is 11.8. The van der Waals surface area contributed by atoms with E-state index in [1.807, 2.05) is 0 Å². The lowest BCUT2D eigenvalue weighted by Crippen LogP contribution is -2.50. The molecule has 0 bridgehead atoms. The number of carbonyl (C=O) groups is 3. The van der Waals surface area contributed by atoms with E-state index in [0.29, 0.717) is 0 Å². The molecule has 0 spiro atoms. The minimum atomic E-state index is -0.695. The number of nitrogens with zero attached hydrogens (tertiary/aromatic N) is 2. The molecule has 94 valence electrons. The van der Waals surface area contributed by atoms with Gasteiger partial charge in [-0.05, 0) is 0 Å². The number of hydrogen-bond donors (Lipinski definition) is 1. The van der Waals surface area contributed by atoms with Gasteiger partial charge in [-0.15, -0.1) is 13.2 Å².